The minimum atomic E-state index is -0.444. The third-order valence-corrected chi connectivity index (χ3v) is 3.75. The number of nitrogens with zero attached hydrogens (tertiary/aromatic N) is 3. The maximum atomic E-state index is 13.1. The van der Waals surface area contributed by atoms with E-state index in [4.69, 9.17) is 4.74 Å². The molecular formula is C16H19FIN3O2. The highest BCUT2D eigenvalue weighted by atomic mass is 127. The second-order valence-corrected chi connectivity index (χ2v) is 5.26. The predicted molar refractivity (Wildman–Crippen MR) is 95.7 cm³/mol. The van der Waals surface area contributed by atoms with E-state index in [-0.39, 0.29) is 35.8 Å². The molecule has 2 heterocycles. The van der Waals surface area contributed by atoms with E-state index in [0.717, 1.165) is 5.56 Å². The molecule has 1 fully saturated rings. The molecule has 1 aliphatic heterocycles. The van der Waals surface area contributed by atoms with Crippen molar-refractivity contribution >= 4 is 29.8 Å². The number of halogens is 2. The summed E-state index contributed by atoms with van der Waals surface area (Å²) in [5.41, 5.74) is 0.953. The molecule has 5 nitrogen and oxygen atoms in total. The average molecular weight is 431 g/mol. The molecule has 2 unspecified atom stereocenters. The summed E-state index contributed by atoms with van der Waals surface area (Å²) in [6.45, 7) is 2.90. The first-order chi connectivity index (χ1) is 10.7. The van der Waals surface area contributed by atoms with Gasteiger partial charge in [-0.25, -0.2) is 14.4 Å². The summed E-state index contributed by atoms with van der Waals surface area (Å²) in [5.74, 6) is 0.936. The van der Waals surface area contributed by atoms with Gasteiger partial charge in [0.1, 0.15) is 18.0 Å². The molecule has 1 aromatic heterocycles. The monoisotopic (exact) mass is 431 g/mol. The second-order valence-electron chi connectivity index (χ2n) is 5.26. The molecule has 2 aromatic rings. The van der Waals surface area contributed by atoms with E-state index in [0.29, 0.717) is 31.3 Å². The van der Waals surface area contributed by atoms with Crippen molar-refractivity contribution in [1.82, 2.24) is 9.97 Å². The number of rotatable bonds is 4. The van der Waals surface area contributed by atoms with Gasteiger partial charge in [0.2, 0.25) is 5.88 Å². The highest BCUT2D eigenvalue weighted by Crippen LogP contribution is 2.36. The molecule has 1 saturated heterocycles. The van der Waals surface area contributed by atoms with Gasteiger partial charge >= 0.3 is 0 Å². The van der Waals surface area contributed by atoms with Crippen LogP contribution in [-0.4, -0.2) is 34.3 Å². The first kappa shape index (κ1) is 17.9. The summed E-state index contributed by atoms with van der Waals surface area (Å²) in [6.07, 6.45) is 1.59. The summed E-state index contributed by atoms with van der Waals surface area (Å²) in [7, 11) is 0. The van der Waals surface area contributed by atoms with Crippen molar-refractivity contribution in [3.8, 4) is 5.88 Å². The fourth-order valence-corrected chi connectivity index (χ4v) is 2.78. The van der Waals surface area contributed by atoms with Crippen molar-refractivity contribution in [3.05, 3.63) is 48.0 Å². The Morgan fingerprint density at radius 1 is 1.30 bits per heavy atom. The van der Waals surface area contributed by atoms with Crippen LogP contribution in [0.4, 0.5) is 10.2 Å². The van der Waals surface area contributed by atoms with Gasteiger partial charge in [0.15, 0.2) is 0 Å². The molecule has 7 heteroatoms. The predicted octanol–water partition coefficient (Wildman–Crippen LogP) is 2.94. The number of aromatic nitrogens is 2. The summed E-state index contributed by atoms with van der Waals surface area (Å²) < 4.78 is 18.5. The standard InChI is InChI=1S/C16H18FN3O2.HI/c1-2-22-16-8-15(18-10-19-16)20-9-13(21)7-14(20)11-3-5-12(17)6-4-11;/h3-6,8,10,13-14,21H,2,7,9H2,1H3;1H. The van der Waals surface area contributed by atoms with Crippen molar-refractivity contribution < 1.29 is 14.2 Å². The van der Waals surface area contributed by atoms with Crippen molar-refractivity contribution in [2.75, 3.05) is 18.1 Å². The molecular weight excluding hydrogens is 412 g/mol. The molecule has 0 radical (unpaired) electrons. The maximum Gasteiger partial charge on any atom is 0.218 e. The third kappa shape index (κ3) is 4.08. The van der Waals surface area contributed by atoms with Crippen LogP contribution in [0.2, 0.25) is 0 Å². The molecule has 124 valence electrons. The molecule has 2 atom stereocenters. The van der Waals surface area contributed by atoms with Gasteiger partial charge in [0.05, 0.1) is 18.8 Å². The van der Waals surface area contributed by atoms with E-state index in [9.17, 15) is 9.50 Å². The summed E-state index contributed by atoms with van der Waals surface area (Å²) >= 11 is 0. The SMILES string of the molecule is CCOc1cc(N2CC(O)CC2c2ccc(F)cc2)ncn1.I. The van der Waals surface area contributed by atoms with E-state index < -0.39 is 6.10 Å². The highest BCUT2D eigenvalue weighted by Gasteiger charge is 2.33. The number of benzene rings is 1. The van der Waals surface area contributed by atoms with Gasteiger partial charge in [0.25, 0.3) is 0 Å². The Hall–Kier alpha value is -1.48. The fraction of sp³-hybridized carbons (Fsp3) is 0.375. The molecule has 0 bridgehead atoms. The minimum Gasteiger partial charge on any atom is -0.478 e. The molecule has 1 aromatic carbocycles. The van der Waals surface area contributed by atoms with E-state index in [1.165, 1.54) is 18.5 Å². The first-order valence-corrected chi connectivity index (χ1v) is 7.32. The lowest BCUT2D eigenvalue weighted by molar-refractivity contribution is 0.194. The van der Waals surface area contributed by atoms with Crippen LogP contribution >= 0.6 is 24.0 Å². The van der Waals surface area contributed by atoms with Gasteiger partial charge in [-0.15, -0.1) is 24.0 Å². The number of anilines is 1. The van der Waals surface area contributed by atoms with Gasteiger partial charge in [0, 0.05) is 12.6 Å². The summed E-state index contributed by atoms with van der Waals surface area (Å²) in [6, 6.07) is 8.08. The Morgan fingerprint density at radius 3 is 2.74 bits per heavy atom. The minimum absolute atomic E-state index is 0. The maximum absolute atomic E-state index is 13.1. The summed E-state index contributed by atoms with van der Waals surface area (Å²) in [4.78, 5) is 10.3. The van der Waals surface area contributed by atoms with Gasteiger partial charge in [-0.3, -0.25) is 0 Å². The quantitative estimate of drug-likeness (QED) is 0.755. The highest BCUT2D eigenvalue weighted by molar-refractivity contribution is 14.0. The number of aliphatic hydroxyl groups excluding tert-OH is 1. The molecule has 1 N–H and O–H groups in total. The zero-order valence-corrected chi connectivity index (χ0v) is 15.1. The van der Waals surface area contributed by atoms with Crippen LogP contribution in [0.1, 0.15) is 24.9 Å². The second kappa shape index (κ2) is 7.87. The van der Waals surface area contributed by atoms with E-state index in [1.807, 2.05) is 11.8 Å². The first-order valence-electron chi connectivity index (χ1n) is 7.32. The lowest BCUT2D eigenvalue weighted by Crippen LogP contribution is -2.25. The van der Waals surface area contributed by atoms with Crippen LogP contribution in [0.5, 0.6) is 5.88 Å². The fourth-order valence-electron chi connectivity index (χ4n) is 2.78. The number of ether oxygens (including phenoxy) is 1. The van der Waals surface area contributed by atoms with Crippen molar-refractivity contribution in [1.29, 1.82) is 0 Å². The molecule has 0 spiro atoms. The largest absolute Gasteiger partial charge is 0.478 e. The van der Waals surface area contributed by atoms with Gasteiger partial charge in [-0.1, -0.05) is 12.1 Å². The lowest BCUT2D eigenvalue weighted by atomic mass is 10.0. The zero-order chi connectivity index (χ0) is 15.5. The molecule has 1 aliphatic rings. The number of hydrogen-bond donors (Lipinski definition) is 1. The average Bonchev–Trinajstić information content (AvgIpc) is 2.91. The van der Waals surface area contributed by atoms with Crippen LogP contribution in [0.15, 0.2) is 36.7 Å². The third-order valence-electron chi connectivity index (χ3n) is 3.75. The van der Waals surface area contributed by atoms with E-state index in [1.54, 1.807) is 18.2 Å². The van der Waals surface area contributed by atoms with Crippen LogP contribution in [0.25, 0.3) is 0 Å². The Kier molecular flexibility index (Phi) is 6.11. The Morgan fingerprint density at radius 2 is 2.04 bits per heavy atom. The molecule has 3 rings (SSSR count). The summed E-state index contributed by atoms with van der Waals surface area (Å²) in [5, 5.41) is 10.0. The Balaban J connectivity index is 0.00000192. The van der Waals surface area contributed by atoms with Gasteiger partial charge in [-0.2, -0.15) is 0 Å². The molecule has 0 amide bonds. The van der Waals surface area contributed by atoms with Gasteiger partial charge in [-0.05, 0) is 31.0 Å². The van der Waals surface area contributed by atoms with Crippen LogP contribution in [0.3, 0.4) is 0 Å². The normalized spacial score (nSPS) is 20.2. The van der Waals surface area contributed by atoms with Gasteiger partial charge < -0.3 is 14.7 Å². The molecule has 0 saturated carbocycles. The van der Waals surface area contributed by atoms with Crippen molar-refractivity contribution in [2.24, 2.45) is 0 Å². The number of aliphatic hydroxyl groups is 1. The van der Waals surface area contributed by atoms with E-state index >= 15 is 0 Å². The molecule has 0 aliphatic carbocycles. The molecule has 23 heavy (non-hydrogen) atoms. The van der Waals surface area contributed by atoms with Crippen molar-refractivity contribution in [3.63, 3.8) is 0 Å². The topological polar surface area (TPSA) is 58.5 Å². The van der Waals surface area contributed by atoms with Crippen molar-refractivity contribution in [2.45, 2.75) is 25.5 Å². The van der Waals surface area contributed by atoms with Crippen LogP contribution in [0, 0.1) is 5.82 Å². The van der Waals surface area contributed by atoms with Crippen LogP contribution < -0.4 is 9.64 Å². The van der Waals surface area contributed by atoms with E-state index in [2.05, 4.69) is 9.97 Å². The Labute approximate surface area is 151 Å². The number of β-amino-alcohol motifs (C(OH)–C–C–N with tert-alkyl or cyclic N) is 1. The van der Waals surface area contributed by atoms with Crippen LogP contribution in [-0.2, 0) is 0 Å². The number of hydrogen-bond acceptors (Lipinski definition) is 5. The lowest BCUT2D eigenvalue weighted by Gasteiger charge is -2.25. The zero-order valence-electron chi connectivity index (χ0n) is 12.7. The smallest absolute Gasteiger partial charge is 0.218 e. The Bertz CT molecular complexity index is 641.